The summed E-state index contributed by atoms with van der Waals surface area (Å²) in [6, 6.07) is 15.3. The van der Waals surface area contributed by atoms with Gasteiger partial charge in [-0.15, -0.1) is 0 Å². The van der Waals surface area contributed by atoms with Crippen molar-refractivity contribution in [3.63, 3.8) is 0 Å². The molecule has 4 rings (SSSR count). The fourth-order valence-corrected chi connectivity index (χ4v) is 3.87. The maximum absolute atomic E-state index is 13.3. The van der Waals surface area contributed by atoms with Gasteiger partial charge >= 0.3 is 0 Å². The lowest BCUT2D eigenvalue weighted by molar-refractivity contribution is -0.153. The quantitative estimate of drug-likeness (QED) is 0.602. The van der Waals surface area contributed by atoms with Gasteiger partial charge in [-0.25, -0.2) is 9.37 Å². The van der Waals surface area contributed by atoms with Gasteiger partial charge in [0, 0.05) is 18.2 Å². The maximum Gasteiger partial charge on any atom is 0.230 e. The molecule has 0 spiro atoms. The number of carbonyl (C=O) groups excluding carboxylic acids is 2. The first-order valence-corrected chi connectivity index (χ1v) is 9.69. The van der Waals surface area contributed by atoms with Gasteiger partial charge in [-0.05, 0) is 46.4 Å². The van der Waals surface area contributed by atoms with Crippen LogP contribution in [0.2, 0.25) is 0 Å². The predicted octanol–water partition coefficient (Wildman–Crippen LogP) is 4.59. The number of amides is 2. The van der Waals surface area contributed by atoms with Crippen molar-refractivity contribution in [1.82, 2.24) is 9.88 Å². The number of piperidine rings is 1. The summed E-state index contributed by atoms with van der Waals surface area (Å²) >= 11 is 0. The number of rotatable bonds is 3. The molecular weight excluding hydrogens is 381 g/mol. The van der Waals surface area contributed by atoms with Crippen molar-refractivity contribution in [1.29, 1.82) is 5.26 Å². The Labute approximate surface area is 173 Å². The Kier molecular flexibility index (Phi) is 4.83. The second-order valence-corrected chi connectivity index (χ2v) is 8.42. The second-order valence-electron chi connectivity index (χ2n) is 8.42. The molecule has 5 nitrogen and oxygen atoms in total. The Morgan fingerprint density at radius 3 is 2.37 bits per heavy atom. The third-order valence-corrected chi connectivity index (χ3v) is 5.35. The maximum atomic E-state index is 13.3. The third kappa shape index (κ3) is 3.79. The molecule has 1 saturated heterocycles. The van der Waals surface area contributed by atoms with E-state index in [1.807, 2.05) is 26.0 Å². The summed E-state index contributed by atoms with van der Waals surface area (Å²) in [5, 5.41) is 10.2. The van der Waals surface area contributed by atoms with E-state index in [2.05, 4.69) is 11.1 Å². The largest absolute Gasteiger partial charge is 0.278 e. The van der Waals surface area contributed by atoms with E-state index < -0.39 is 0 Å². The average molecular weight is 401 g/mol. The number of fused-ring (bicyclic) bond motifs is 1. The van der Waals surface area contributed by atoms with E-state index in [9.17, 15) is 19.2 Å². The van der Waals surface area contributed by atoms with E-state index in [-0.39, 0.29) is 35.3 Å². The molecule has 6 heteroatoms. The van der Waals surface area contributed by atoms with Crippen molar-refractivity contribution in [2.45, 2.75) is 33.2 Å². The molecule has 0 bridgehead atoms. The number of nitrogens with zero attached hydrogens (tertiary/aromatic N) is 3. The number of benzene rings is 2. The number of halogens is 1. The van der Waals surface area contributed by atoms with Crippen LogP contribution in [-0.2, 0) is 16.1 Å². The van der Waals surface area contributed by atoms with Crippen LogP contribution in [0.3, 0.4) is 0 Å². The van der Waals surface area contributed by atoms with Crippen LogP contribution in [0.1, 0.15) is 37.9 Å². The molecule has 150 valence electrons. The lowest BCUT2D eigenvalue weighted by Gasteiger charge is -2.34. The van der Waals surface area contributed by atoms with E-state index >= 15 is 0 Å². The third-order valence-electron chi connectivity index (χ3n) is 5.35. The van der Waals surface area contributed by atoms with Gasteiger partial charge < -0.3 is 0 Å². The van der Waals surface area contributed by atoms with Crippen LogP contribution < -0.4 is 0 Å². The molecule has 0 saturated carbocycles. The van der Waals surface area contributed by atoms with Gasteiger partial charge in [-0.1, -0.05) is 38.1 Å². The summed E-state index contributed by atoms with van der Waals surface area (Å²) in [5.41, 5.74) is 2.82. The molecule has 30 heavy (non-hydrogen) atoms. The van der Waals surface area contributed by atoms with Crippen LogP contribution in [0.5, 0.6) is 0 Å². The minimum Gasteiger partial charge on any atom is -0.278 e. The highest BCUT2D eigenvalue weighted by molar-refractivity contribution is 5.99. The summed E-state index contributed by atoms with van der Waals surface area (Å²) in [4.78, 5) is 30.6. The molecule has 0 unspecified atom stereocenters. The lowest BCUT2D eigenvalue weighted by atomic mass is 9.81. The second kappa shape index (κ2) is 7.34. The van der Waals surface area contributed by atoms with E-state index in [4.69, 9.17) is 0 Å². The van der Waals surface area contributed by atoms with Gasteiger partial charge in [0.15, 0.2) is 0 Å². The smallest absolute Gasteiger partial charge is 0.230 e. The lowest BCUT2D eigenvalue weighted by Crippen LogP contribution is -2.45. The van der Waals surface area contributed by atoms with Crippen molar-refractivity contribution in [3.05, 3.63) is 65.6 Å². The molecule has 1 fully saturated rings. The predicted molar refractivity (Wildman–Crippen MR) is 110 cm³/mol. The molecule has 2 aromatic carbocycles. The Hall–Kier alpha value is -3.59. The molecule has 1 aliphatic heterocycles. The van der Waals surface area contributed by atoms with E-state index in [0.29, 0.717) is 18.4 Å². The first-order chi connectivity index (χ1) is 14.3. The van der Waals surface area contributed by atoms with Gasteiger partial charge in [-0.2, -0.15) is 5.26 Å². The SMILES string of the molecule is CC1(C)CC(=O)N(Cc2ccc3c(-c4ccc(F)cc4)cc(C#N)nc3c2)C(=O)C1. The molecule has 0 atom stereocenters. The summed E-state index contributed by atoms with van der Waals surface area (Å²) in [6.45, 7) is 4.01. The average Bonchev–Trinajstić information content (AvgIpc) is 2.69. The number of aromatic nitrogens is 1. The highest BCUT2D eigenvalue weighted by Gasteiger charge is 2.37. The van der Waals surface area contributed by atoms with Crippen LogP contribution in [0.15, 0.2) is 48.5 Å². The topological polar surface area (TPSA) is 74.1 Å². The van der Waals surface area contributed by atoms with E-state index in [1.165, 1.54) is 17.0 Å². The fraction of sp³-hybridized carbons (Fsp3) is 0.250. The monoisotopic (exact) mass is 401 g/mol. The highest BCUT2D eigenvalue weighted by Crippen LogP contribution is 2.33. The Morgan fingerprint density at radius 2 is 1.73 bits per heavy atom. The van der Waals surface area contributed by atoms with Gasteiger partial charge in [0.2, 0.25) is 11.8 Å². The number of nitriles is 1. The van der Waals surface area contributed by atoms with Gasteiger partial charge in [-0.3, -0.25) is 14.5 Å². The van der Waals surface area contributed by atoms with Gasteiger partial charge in [0.1, 0.15) is 17.6 Å². The minimum atomic E-state index is -0.334. The Balaban J connectivity index is 1.73. The zero-order valence-corrected chi connectivity index (χ0v) is 16.8. The summed E-state index contributed by atoms with van der Waals surface area (Å²) in [7, 11) is 0. The molecular formula is C24H20FN3O2. The first kappa shape index (κ1) is 19.7. The van der Waals surface area contributed by atoms with Crippen LogP contribution in [-0.4, -0.2) is 21.7 Å². The van der Waals surface area contributed by atoms with Gasteiger partial charge in [0.25, 0.3) is 0 Å². The molecule has 2 amide bonds. The number of likely N-dealkylation sites (tertiary alicyclic amines) is 1. The molecule has 0 N–H and O–H groups in total. The fourth-order valence-electron chi connectivity index (χ4n) is 3.87. The van der Waals surface area contributed by atoms with Crippen molar-refractivity contribution < 1.29 is 14.0 Å². The number of carbonyl (C=O) groups is 2. The normalized spacial score (nSPS) is 16.0. The van der Waals surface area contributed by atoms with Crippen LogP contribution in [0.25, 0.3) is 22.0 Å². The zero-order chi connectivity index (χ0) is 21.5. The van der Waals surface area contributed by atoms with Crippen molar-refractivity contribution >= 4 is 22.7 Å². The molecule has 1 aliphatic rings. The molecule has 3 aromatic rings. The van der Waals surface area contributed by atoms with Crippen molar-refractivity contribution in [2.75, 3.05) is 0 Å². The standard InChI is InChI=1S/C24H20FN3O2/c1-24(2)11-22(29)28(23(30)12-24)14-15-3-8-19-20(16-4-6-17(25)7-5-16)10-18(13-26)27-21(19)9-15/h3-10H,11-12,14H2,1-2H3. The first-order valence-electron chi connectivity index (χ1n) is 9.69. The van der Waals surface area contributed by atoms with Crippen LogP contribution in [0.4, 0.5) is 4.39 Å². The van der Waals surface area contributed by atoms with Gasteiger partial charge in [0.05, 0.1) is 12.1 Å². The van der Waals surface area contributed by atoms with Crippen LogP contribution >= 0.6 is 0 Å². The molecule has 1 aromatic heterocycles. The molecule has 2 heterocycles. The van der Waals surface area contributed by atoms with E-state index in [0.717, 1.165) is 22.1 Å². The highest BCUT2D eigenvalue weighted by atomic mass is 19.1. The van der Waals surface area contributed by atoms with Crippen molar-refractivity contribution in [2.24, 2.45) is 5.41 Å². The number of pyridine rings is 1. The Bertz CT molecular complexity index is 1190. The number of hydrogen-bond donors (Lipinski definition) is 0. The Morgan fingerprint density at radius 1 is 1.07 bits per heavy atom. The minimum absolute atomic E-state index is 0.175. The zero-order valence-electron chi connectivity index (χ0n) is 16.8. The summed E-state index contributed by atoms with van der Waals surface area (Å²) in [6.07, 6.45) is 0.662. The summed E-state index contributed by atoms with van der Waals surface area (Å²) in [5.74, 6) is -0.692. The molecule has 0 radical (unpaired) electrons. The van der Waals surface area contributed by atoms with E-state index in [1.54, 1.807) is 24.3 Å². The number of hydrogen-bond acceptors (Lipinski definition) is 4. The summed E-state index contributed by atoms with van der Waals surface area (Å²) < 4.78 is 13.3. The number of imide groups is 1. The van der Waals surface area contributed by atoms with Crippen molar-refractivity contribution in [3.8, 4) is 17.2 Å². The van der Waals surface area contributed by atoms with Crippen LogP contribution in [0, 0.1) is 22.6 Å². The molecule has 0 aliphatic carbocycles.